The van der Waals surface area contributed by atoms with Gasteiger partial charge in [0.2, 0.25) is 5.00 Å². The van der Waals surface area contributed by atoms with E-state index in [1.54, 1.807) is 0 Å². The number of nitrogens with zero attached hydrogens (tertiary/aromatic N) is 2. The lowest BCUT2D eigenvalue weighted by Gasteiger charge is -2.16. The Labute approximate surface area is 87.8 Å². The molecule has 2 aliphatic rings. The normalized spacial score (nSPS) is 34.0. The van der Waals surface area contributed by atoms with Crippen LogP contribution in [0.4, 0.5) is 0 Å². The first-order valence-electron chi connectivity index (χ1n) is 3.72. The summed E-state index contributed by atoms with van der Waals surface area (Å²) in [6, 6.07) is 7.86. The molecule has 0 spiro atoms. The van der Waals surface area contributed by atoms with Crippen LogP contribution in [-0.2, 0) is 15.9 Å². The van der Waals surface area contributed by atoms with E-state index in [0.717, 1.165) is 10.5 Å². The molecule has 2 nitrogen and oxygen atoms in total. The van der Waals surface area contributed by atoms with Crippen LogP contribution in [0.25, 0.3) is 0 Å². The maximum atomic E-state index is 6.26. The lowest BCUT2D eigenvalue weighted by atomic mass is 10.1. The quantitative estimate of drug-likeness (QED) is 0.484. The summed E-state index contributed by atoms with van der Waals surface area (Å²) >= 11 is 12.2. The minimum atomic E-state index is -0.874. The first-order chi connectivity index (χ1) is 6.22. The van der Waals surface area contributed by atoms with Gasteiger partial charge in [-0.05, 0) is 6.07 Å². The van der Waals surface area contributed by atoms with Crippen molar-refractivity contribution in [2.45, 2.75) is 9.89 Å². The van der Waals surface area contributed by atoms with E-state index in [4.69, 9.17) is 23.2 Å². The third-order valence-corrected chi connectivity index (χ3v) is 4.77. The lowest BCUT2D eigenvalue weighted by molar-refractivity contribution is 0.897. The van der Waals surface area contributed by atoms with Gasteiger partial charge in [0.05, 0.1) is 10.9 Å². The summed E-state index contributed by atoms with van der Waals surface area (Å²) in [7, 11) is -0.455. The molecule has 0 aliphatic carbocycles. The molecule has 2 unspecified atom stereocenters. The van der Waals surface area contributed by atoms with Gasteiger partial charge in [-0.1, -0.05) is 41.4 Å². The van der Waals surface area contributed by atoms with Gasteiger partial charge in [-0.3, -0.25) is 0 Å². The Balaban J connectivity index is 2.35. The standard InChI is InChI=1S/C8H4Cl2N2S/c9-7-8(10)5-3-1-2-4-6(5)13(11-7)12-8/h1-4H. The number of benzene rings is 1. The summed E-state index contributed by atoms with van der Waals surface area (Å²) in [6.45, 7) is 0. The number of alkyl halides is 1. The molecule has 0 N–H and O–H groups in total. The summed E-state index contributed by atoms with van der Waals surface area (Å²) in [5.41, 5.74) is 0.986. The van der Waals surface area contributed by atoms with Crippen molar-refractivity contribution in [1.29, 1.82) is 0 Å². The first kappa shape index (κ1) is 7.97. The first-order valence-corrected chi connectivity index (χ1v) is 5.62. The average Bonchev–Trinajstić information content (AvgIpc) is 2.57. The summed E-state index contributed by atoms with van der Waals surface area (Å²) < 4.78 is 8.52. The topological polar surface area (TPSA) is 24.7 Å². The monoisotopic (exact) mass is 230 g/mol. The third kappa shape index (κ3) is 0.848. The molecule has 2 heterocycles. The summed E-state index contributed by atoms with van der Waals surface area (Å²) in [6.07, 6.45) is 0. The third-order valence-electron chi connectivity index (χ3n) is 2.09. The van der Waals surface area contributed by atoms with Crippen LogP contribution in [0.15, 0.2) is 37.9 Å². The molecule has 1 aromatic rings. The summed E-state index contributed by atoms with van der Waals surface area (Å²) in [5, 5.41) is 0.399. The van der Waals surface area contributed by atoms with Gasteiger partial charge in [0.1, 0.15) is 0 Å². The summed E-state index contributed by atoms with van der Waals surface area (Å²) in [5.74, 6) is 0. The van der Waals surface area contributed by atoms with Crippen LogP contribution >= 0.6 is 23.2 Å². The second-order valence-electron chi connectivity index (χ2n) is 2.86. The molecule has 66 valence electrons. The van der Waals surface area contributed by atoms with Crippen molar-refractivity contribution >= 4 is 39.3 Å². The molecule has 5 heteroatoms. The van der Waals surface area contributed by atoms with Crippen LogP contribution in [0.5, 0.6) is 0 Å². The van der Waals surface area contributed by atoms with Crippen molar-refractivity contribution in [3.05, 3.63) is 29.8 Å². The smallest absolute Gasteiger partial charge is 0.203 e. The summed E-state index contributed by atoms with van der Waals surface area (Å²) in [4.78, 5) is 0.225. The average molecular weight is 231 g/mol. The zero-order valence-corrected chi connectivity index (χ0v) is 8.70. The Morgan fingerprint density at radius 1 is 1.31 bits per heavy atom. The van der Waals surface area contributed by atoms with E-state index < -0.39 is 15.9 Å². The molecule has 0 saturated carbocycles. The predicted molar refractivity (Wildman–Crippen MR) is 55.3 cm³/mol. The van der Waals surface area contributed by atoms with Crippen LogP contribution < -0.4 is 0 Å². The SMILES string of the molecule is ClC1=NS2=NC1(Cl)c1ccccc12. The zero-order chi connectivity index (χ0) is 9.05. The van der Waals surface area contributed by atoms with E-state index in [-0.39, 0.29) is 0 Å². The Hall–Kier alpha value is -0.380. The van der Waals surface area contributed by atoms with E-state index in [1.165, 1.54) is 0 Å². The molecule has 0 amide bonds. The maximum Gasteiger partial charge on any atom is 0.222 e. The Morgan fingerprint density at radius 2 is 2.08 bits per heavy atom. The lowest BCUT2D eigenvalue weighted by Crippen LogP contribution is -2.21. The molecule has 2 bridgehead atoms. The Bertz CT molecular complexity index is 469. The van der Waals surface area contributed by atoms with Crippen molar-refractivity contribution in [2.24, 2.45) is 8.76 Å². The van der Waals surface area contributed by atoms with Gasteiger partial charge < -0.3 is 0 Å². The maximum absolute atomic E-state index is 6.26. The molecule has 2 aliphatic heterocycles. The number of fused-ring (bicyclic) bond motifs is 4. The fourth-order valence-electron chi connectivity index (χ4n) is 1.47. The highest BCUT2D eigenvalue weighted by Crippen LogP contribution is 2.48. The van der Waals surface area contributed by atoms with Crippen molar-refractivity contribution in [2.75, 3.05) is 0 Å². The Morgan fingerprint density at radius 3 is 2.92 bits per heavy atom. The van der Waals surface area contributed by atoms with Crippen molar-refractivity contribution in [1.82, 2.24) is 0 Å². The molecule has 0 radical (unpaired) electrons. The number of hydrogen-bond acceptors (Lipinski definition) is 2. The Kier molecular flexibility index (Phi) is 1.44. The van der Waals surface area contributed by atoms with E-state index in [0.29, 0.717) is 5.17 Å². The van der Waals surface area contributed by atoms with Crippen LogP contribution in [0, 0.1) is 0 Å². The minimum Gasteiger partial charge on any atom is -0.203 e. The van der Waals surface area contributed by atoms with E-state index in [2.05, 4.69) is 8.76 Å². The van der Waals surface area contributed by atoms with Crippen LogP contribution in [-0.4, -0.2) is 5.17 Å². The van der Waals surface area contributed by atoms with Crippen molar-refractivity contribution in [3.8, 4) is 0 Å². The van der Waals surface area contributed by atoms with Gasteiger partial charge in [-0.2, -0.15) is 4.40 Å². The molecule has 13 heavy (non-hydrogen) atoms. The molecule has 2 atom stereocenters. The second-order valence-corrected chi connectivity index (χ2v) is 5.09. The van der Waals surface area contributed by atoms with Crippen LogP contribution in [0.1, 0.15) is 5.56 Å². The minimum absolute atomic E-state index is 0.399. The number of hydrogen-bond donors (Lipinski definition) is 0. The zero-order valence-electron chi connectivity index (χ0n) is 6.37. The molecule has 1 aromatic carbocycles. The van der Waals surface area contributed by atoms with Gasteiger partial charge >= 0.3 is 0 Å². The molecule has 0 fully saturated rings. The molecule has 0 aromatic heterocycles. The largest absolute Gasteiger partial charge is 0.222 e. The van der Waals surface area contributed by atoms with Gasteiger partial charge in [0.15, 0.2) is 5.17 Å². The van der Waals surface area contributed by atoms with Crippen LogP contribution in [0.3, 0.4) is 0 Å². The van der Waals surface area contributed by atoms with Crippen LogP contribution in [0.2, 0.25) is 0 Å². The van der Waals surface area contributed by atoms with E-state index >= 15 is 0 Å². The van der Waals surface area contributed by atoms with Gasteiger partial charge in [0, 0.05) is 10.5 Å². The molecular weight excluding hydrogens is 227 g/mol. The fourth-order valence-corrected chi connectivity index (χ4v) is 3.93. The second kappa shape index (κ2) is 2.35. The fraction of sp³-hybridized carbons (Fsp3) is 0.125. The van der Waals surface area contributed by atoms with Crippen molar-refractivity contribution < 1.29 is 0 Å². The van der Waals surface area contributed by atoms with Gasteiger partial charge in [-0.15, -0.1) is 0 Å². The molecular formula is C8H4Cl2N2S. The highest BCUT2D eigenvalue weighted by molar-refractivity contribution is 7.87. The van der Waals surface area contributed by atoms with Gasteiger partial charge in [-0.25, -0.2) is 4.36 Å². The highest BCUT2D eigenvalue weighted by atomic mass is 35.5. The number of halogens is 2. The van der Waals surface area contributed by atoms with Crippen molar-refractivity contribution in [3.63, 3.8) is 0 Å². The number of rotatable bonds is 0. The van der Waals surface area contributed by atoms with E-state index in [9.17, 15) is 0 Å². The molecule has 0 saturated heterocycles. The predicted octanol–water partition coefficient (Wildman–Crippen LogP) is 2.82. The highest BCUT2D eigenvalue weighted by Gasteiger charge is 2.46. The van der Waals surface area contributed by atoms with E-state index in [1.807, 2.05) is 24.3 Å². The van der Waals surface area contributed by atoms with Gasteiger partial charge in [0.25, 0.3) is 0 Å². The molecule has 3 rings (SSSR count).